The van der Waals surface area contributed by atoms with Crippen LogP contribution in [-0.2, 0) is 10.8 Å². The van der Waals surface area contributed by atoms with Crippen LogP contribution in [0, 0.1) is 0 Å². The molecule has 2 aliphatic heterocycles. The Morgan fingerprint density at radius 1 is 0.400 bits per heavy atom. The molecule has 0 aliphatic carbocycles. The van der Waals surface area contributed by atoms with Gasteiger partial charge in [-0.3, -0.25) is 0 Å². The SMILES string of the molecule is CC1(C)c2ccccc2N2c3ccc(-c4cc5ccccc5c5ccccc45)cc3C(C)(C)c3cc(-c4ccccc4)cc1c32. The Kier molecular flexibility index (Phi) is 5.37. The number of nitrogens with zero attached hydrogens (tertiary/aromatic N) is 1. The van der Waals surface area contributed by atoms with Crippen LogP contribution in [0.3, 0.4) is 0 Å². The molecule has 0 spiro atoms. The zero-order valence-corrected chi connectivity index (χ0v) is 26.2. The summed E-state index contributed by atoms with van der Waals surface area (Å²) < 4.78 is 0. The van der Waals surface area contributed by atoms with Crippen LogP contribution in [0.15, 0.2) is 140 Å². The molecule has 0 unspecified atom stereocenters. The molecule has 0 N–H and O–H groups in total. The number of hydrogen-bond donors (Lipinski definition) is 0. The summed E-state index contributed by atoms with van der Waals surface area (Å²) in [5, 5.41) is 5.18. The smallest absolute Gasteiger partial charge is 0.0544 e. The van der Waals surface area contributed by atoms with E-state index in [1.54, 1.807) is 0 Å². The monoisotopic (exact) mass is 577 g/mol. The van der Waals surface area contributed by atoms with Crippen molar-refractivity contribution in [2.24, 2.45) is 0 Å². The maximum atomic E-state index is 2.56. The molecule has 1 nitrogen and oxygen atoms in total. The van der Waals surface area contributed by atoms with Crippen LogP contribution in [0.25, 0.3) is 43.8 Å². The highest BCUT2D eigenvalue weighted by molar-refractivity contribution is 6.14. The fraction of sp³-hybridized carbons (Fsp3) is 0.136. The molecule has 2 aliphatic rings. The van der Waals surface area contributed by atoms with E-state index in [9.17, 15) is 0 Å². The lowest BCUT2D eigenvalue weighted by atomic mass is 9.65. The largest absolute Gasteiger partial charge is 0.309 e. The molecule has 2 heterocycles. The quantitative estimate of drug-likeness (QED) is 0.185. The molecular formula is C44H35N. The molecule has 7 aromatic carbocycles. The van der Waals surface area contributed by atoms with Gasteiger partial charge >= 0.3 is 0 Å². The summed E-state index contributed by atoms with van der Waals surface area (Å²) in [7, 11) is 0. The van der Waals surface area contributed by atoms with Crippen LogP contribution in [0.4, 0.5) is 17.1 Å². The number of rotatable bonds is 2. The molecule has 0 aromatic heterocycles. The maximum absolute atomic E-state index is 2.56. The average Bonchev–Trinajstić information content (AvgIpc) is 3.08. The van der Waals surface area contributed by atoms with E-state index in [1.807, 2.05) is 0 Å². The van der Waals surface area contributed by atoms with Gasteiger partial charge in [-0.15, -0.1) is 0 Å². The molecule has 1 heteroatoms. The van der Waals surface area contributed by atoms with Crippen LogP contribution >= 0.6 is 0 Å². The highest BCUT2D eigenvalue weighted by Gasteiger charge is 2.45. The molecule has 0 saturated heterocycles. The van der Waals surface area contributed by atoms with Crippen LogP contribution in [0.5, 0.6) is 0 Å². The number of anilines is 3. The van der Waals surface area contributed by atoms with Crippen molar-refractivity contribution in [3.8, 4) is 22.3 Å². The molecule has 45 heavy (non-hydrogen) atoms. The van der Waals surface area contributed by atoms with E-state index in [1.165, 1.54) is 83.1 Å². The summed E-state index contributed by atoms with van der Waals surface area (Å²) >= 11 is 0. The van der Waals surface area contributed by atoms with Crippen molar-refractivity contribution < 1.29 is 0 Å². The Morgan fingerprint density at radius 3 is 1.76 bits per heavy atom. The molecule has 0 amide bonds. The average molecular weight is 578 g/mol. The second kappa shape index (κ2) is 9.19. The van der Waals surface area contributed by atoms with Gasteiger partial charge in [0.05, 0.1) is 17.1 Å². The van der Waals surface area contributed by atoms with Crippen LogP contribution in [-0.4, -0.2) is 0 Å². The fourth-order valence-electron chi connectivity index (χ4n) is 8.18. The molecule has 9 rings (SSSR count). The van der Waals surface area contributed by atoms with Crippen molar-refractivity contribution in [2.75, 3.05) is 4.90 Å². The minimum atomic E-state index is -0.217. The van der Waals surface area contributed by atoms with Gasteiger partial charge in [-0.05, 0) is 102 Å². The lowest BCUT2D eigenvalue weighted by Gasteiger charge is -2.50. The van der Waals surface area contributed by atoms with E-state index in [-0.39, 0.29) is 10.8 Å². The van der Waals surface area contributed by atoms with Gasteiger partial charge in [0.2, 0.25) is 0 Å². The van der Waals surface area contributed by atoms with Gasteiger partial charge in [-0.25, -0.2) is 0 Å². The molecule has 7 aromatic rings. The van der Waals surface area contributed by atoms with Gasteiger partial charge in [0, 0.05) is 10.8 Å². The van der Waals surface area contributed by atoms with Crippen molar-refractivity contribution in [1.82, 2.24) is 0 Å². The normalized spacial score (nSPS) is 15.4. The Labute approximate surface area is 265 Å². The Hall–Kier alpha value is -5.14. The van der Waals surface area contributed by atoms with Gasteiger partial charge in [-0.2, -0.15) is 0 Å². The summed E-state index contributed by atoms with van der Waals surface area (Å²) in [6.45, 7) is 9.63. The zero-order valence-electron chi connectivity index (χ0n) is 26.2. The van der Waals surface area contributed by atoms with Gasteiger partial charge in [0.25, 0.3) is 0 Å². The summed E-state index contributed by atoms with van der Waals surface area (Å²) in [6.07, 6.45) is 0. The van der Waals surface area contributed by atoms with Crippen molar-refractivity contribution >= 4 is 38.6 Å². The highest BCUT2D eigenvalue weighted by Crippen LogP contribution is 2.61. The lowest BCUT2D eigenvalue weighted by molar-refractivity contribution is 0.598. The van der Waals surface area contributed by atoms with Crippen LogP contribution in [0.2, 0.25) is 0 Å². The fourth-order valence-corrected chi connectivity index (χ4v) is 8.18. The second-order valence-corrected chi connectivity index (χ2v) is 13.8. The highest BCUT2D eigenvalue weighted by atomic mass is 15.2. The molecule has 0 bridgehead atoms. The van der Waals surface area contributed by atoms with E-state index >= 15 is 0 Å². The second-order valence-electron chi connectivity index (χ2n) is 13.8. The minimum absolute atomic E-state index is 0.139. The molecular weight excluding hydrogens is 542 g/mol. The van der Waals surface area contributed by atoms with Crippen LogP contribution in [0.1, 0.15) is 49.9 Å². The number of benzene rings is 7. The topological polar surface area (TPSA) is 3.24 Å². The third kappa shape index (κ3) is 3.61. The zero-order chi connectivity index (χ0) is 30.5. The van der Waals surface area contributed by atoms with E-state index in [0.717, 1.165) is 0 Å². The molecule has 216 valence electrons. The predicted molar refractivity (Wildman–Crippen MR) is 191 cm³/mol. The van der Waals surface area contributed by atoms with E-state index < -0.39 is 0 Å². The third-order valence-electron chi connectivity index (χ3n) is 10.6. The Balaban J connectivity index is 1.34. The molecule has 0 fully saturated rings. The van der Waals surface area contributed by atoms with E-state index in [4.69, 9.17) is 0 Å². The van der Waals surface area contributed by atoms with Crippen molar-refractivity contribution in [3.05, 3.63) is 162 Å². The molecule has 0 atom stereocenters. The summed E-state index contributed by atoms with van der Waals surface area (Å²) in [4.78, 5) is 2.56. The summed E-state index contributed by atoms with van der Waals surface area (Å²) in [5.74, 6) is 0. The summed E-state index contributed by atoms with van der Waals surface area (Å²) in [6, 6.07) is 52.0. The van der Waals surface area contributed by atoms with E-state index in [0.29, 0.717) is 0 Å². The first-order chi connectivity index (χ1) is 21.8. The van der Waals surface area contributed by atoms with E-state index in [2.05, 4.69) is 172 Å². The van der Waals surface area contributed by atoms with Crippen molar-refractivity contribution in [3.63, 3.8) is 0 Å². The Morgan fingerprint density at radius 2 is 0.978 bits per heavy atom. The predicted octanol–water partition coefficient (Wildman–Crippen LogP) is 12.1. The molecule has 0 radical (unpaired) electrons. The van der Waals surface area contributed by atoms with Gasteiger partial charge in [-0.1, -0.05) is 131 Å². The first kappa shape index (κ1) is 26.3. The lowest BCUT2D eigenvalue weighted by Crippen LogP contribution is -2.38. The molecule has 0 saturated carbocycles. The van der Waals surface area contributed by atoms with Gasteiger partial charge in [0.1, 0.15) is 0 Å². The van der Waals surface area contributed by atoms with Crippen LogP contribution < -0.4 is 4.90 Å². The first-order valence-electron chi connectivity index (χ1n) is 16.0. The maximum Gasteiger partial charge on any atom is 0.0544 e. The standard InChI is InChI=1S/C44H35N/c1-43(2)36-20-12-13-21-40(36)45-41-23-22-30(35-24-29-16-8-9-17-32(29)33-18-10-11-19-34(33)35)25-37(41)44(3,4)39-27-31(26-38(43)42(39)45)28-14-6-5-7-15-28/h5-27H,1-4H3. The first-order valence-corrected chi connectivity index (χ1v) is 16.0. The number of fused-ring (bicyclic) bond motifs is 7. The van der Waals surface area contributed by atoms with Gasteiger partial charge in [0.15, 0.2) is 0 Å². The van der Waals surface area contributed by atoms with Crippen molar-refractivity contribution in [1.29, 1.82) is 0 Å². The third-order valence-corrected chi connectivity index (χ3v) is 10.6. The Bertz CT molecular complexity index is 2320. The number of hydrogen-bond acceptors (Lipinski definition) is 1. The van der Waals surface area contributed by atoms with Crippen molar-refractivity contribution in [2.45, 2.75) is 38.5 Å². The number of para-hydroxylation sites is 1. The minimum Gasteiger partial charge on any atom is -0.309 e. The summed E-state index contributed by atoms with van der Waals surface area (Å²) in [5.41, 5.74) is 14.1. The van der Waals surface area contributed by atoms with Gasteiger partial charge < -0.3 is 4.90 Å².